The van der Waals surface area contributed by atoms with E-state index in [0.717, 1.165) is 24.3 Å². The van der Waals surface area contributed by atoms with Crippen LogP contribution in [0, 0.1) is 6.92 Å². The average molecular weight is 441 g/mol. The third kappa shape index (κ3) is 5.55. The second kappa shape index (κ2) is 10.3. The fourth-order valence-electron chi connectivity index (χ4n) is 3.79. The van der Waals surface area contributed by atoms with Crippen LogP contribution in [0.2, 0.25) is 0 Å². The maximum absolute atomic E-state index is 11.4. The predicted molar refractivity (Wildman–Crippen MR) is 130 cm³/mol. The number of nitrogens with zero attached hydrogens (tertiary/aromatic N) is 2. The molecule has 6 nitrogen and oxygen atoms in total. The molecule has 0 saturated heterocycles. The summed E-state index contributed by atoms with van der Waals surface area (Å²) in [6.07, 6.45) is 0.834. The Hall–Kier alpha value is -3.74. The molecule has 3 aromatic carbocycles. The molecule has 6 heteroatoms. The minimum Gasteiger partial charge on any atom is -0.395 e. The van der Waals surface area contributed by atoms with Gasteiger partial charge in [-0.1, -0.05) is 60.7 Å². The number of hydrogen-bond donors (Lipinski definition) is 3. The Balaban J connectivity index is 1.40. The van der Waals surface area contributed by atoms with Crippen LogP contribution < -0.4 is 11.1 Å². The van der Waals surface area contributed by atoms with Gasteiger partial charge < -0.3 is 16.2 Å². The van der Waals surface area contributed by atoms with Crippen molar-refractivity contribution in [2.24, 2.45) is 5.73 Å². The first-order valence-electron chi connectivity index (χ1n) is 11.0. The van der Waals surface area contributed by atoms with Crippen molar-refractivity contribution >= 4 is 5.91 Å². The molecule has 0 bridgehead atoms. The minimum atomic E-state index is -0.525. The number of rotatable bonds is 9. The van der Waals surface area contributed by atoms with Crippen molar-refractivity contribution in [1.82, 2.24) is 15.1 Å². The topological polar surface area (TPSA) is 93.2 Å². The Labute approximate surface area is 193 Å². The summed E-state index contributed by atoms with van der Waals surface area (Å²) in [6, 6.07) is 27.0. The molecule has 33 heavy (non-hydrogen) atoms. The highest BCUT2D eigenvalue weighted by Crippen LogP contribution is 2.22. The van der Waals surface area contributed by atoms with Crippen LogP contribution in [0.5, 0.6) is 0 Å². The smallest absolute Gasteiger partial charge is 0.269 e. The van der Waals surface area contributed by atoms with Gasteiger partial charge >= 0.3 is 0 Å². The van der Waals surface area contributed by atoms with E-state index in [4.69, 9.17) is 10.8 Å². The maximum Gasteiger partial charge on any atom is 0.269 e. The van der Waals surface area contributed by atoms with E-state index in [1.165, 1.54) is 27.8 Å². The van der Waals surface area contributed by atoms with Gasteiger partial charge in [-0.05, 0) is 59.4 Å². The van der Waals surface area contributed by atoms with Gasteiger partial charge in [0.2, 0.25) is 0 Å². The number of aliphatic hydroxyl groups excluding tert-OH is 1. The number of amides is 1. The summed E-state index contributed by atoms with van der Waals surface area (Å²) in [7, 11) is 0. The molecule has 4 aromatic rings. The average Bonchev–Trinajstić information content (AvgIpc) is 3.23. The molecule has 4 N–H and O–H groups in total. The Morgan fingerprint density at radius 1 is 0.909 bits per heavy atom. The van der Waals surface area contributed by atoms with E-state index in [0.29, 0.717) is 6.54 Å². The number of aliphatic hydroxyl groups is 1. The monoisotopic (exact) mass is 440 g/mol. The molecule has 0 radical (unpaired) electrons. The van der Waals surface area contributed by atoms with Crippen molar-refractivity contribution in [2.75, 3.05) is 13.2 Å². The van der Waals surface area contributed by atoms with E-state index in [9.17, 15) is 4.79 Å². The predicted octanol–water partition coefficient (Wildman–Crippen LogP) is 3.62. The Kier molecular flexibility index (Phi) is 6.98. The first-order valence-corrected chi connectivity index (χ1v) is 11.0. The summed E-state index contributed by atoms with van der Waals surface area (Å²) >= 11 is 0. The van der Waals surface area contributed by atoms with Crippen LogP contribution in [0.4, 0.5) is 0 Å². The van der Waals surface area contributed by atoms with Crippen LogP contribution in [-0.4, -0.2) is 33.9 Å². The van der Waals surface area contributed by atoms with Crippen molar-refractivity contribution in [3.05, 3.63) is 107 Å². The molecule has 0 fully saturated rings. The Morgan fingerprint density at radius 2 is 1.45 bits per heavy atom. The molecule has 4 rings (SSSR count). The number of nitrogens with two attached hydrogens (primary N) is 1. The summed E-state index contributed by atoms with van der Waals surface area (Å²) in [6.45, 7) is 3.41. The van der Waals surface area contributed by atoms with Crippen molar-refractivity contribution in [2.45, 2.75) is 19.9 Å². The van der Waals surface area contributed by atoms with Crippen LogP contribution in [-0.2, 0) is 13.0 Å². The lowest BCUT2D eigenvalue weighted by Gasteiger charge is -2.08. The summed E-state index contributed by atoms with van der Waals surface area (Å²) in [5.41, 5.74) is 13.4. The van der Waals surface area contributed by atoms with E-state index in [1.54, 1.807) is 10.7 Å². The first kappa shape index (κ1) is 22.5. The van der Waals surface area contributed by atoms with E-state index in [2.05, 4.69) is 71.1 Å². The zero-order chi connectivity index (χ0) is 23.2. The lowest BCUT2D eigenvalue weighted by Crippen LogP contribution is -2.17. The highest BCUT2D eigenvalue weighted by molar-refractivity contribution is 5.90. The number of nitrogens with one attached hydrogen (secondary N) is 1. The van der Waals surface area contributed by atoms with Crippen molar-refractivity contribution < 1.29 is 9.90 Å². The van der Waals surface area contributed by atoms with Crippen LogP contribution in [0.3, 0.4) is 0 Å². The van der Waals surface area contributed by atoms with Crippen molar-refractivity contribution in [1.29, 1.82) is 0 Å². The van der Waals surface area contributed by atoms with E-state index >= 15 is 0 Å². The second-order valence-electron chi connectivity index (χ2n) is 8.08. The van der Waals surface area contributed by atoms with Gasteiger partial charge in [0.25, 0.3) is 5.91 Å². The number of hydrogen-bond acceptors (Lipinski definition) is 4. The zero-order valence-corrected chi connectivity index (χ0v) is 18.7. The normalized spacial score (nSPS) is 11.0. The van der Waals surface area contributed by atoms with E-state index < -0.39 is 5.91 Å². The summed E-state index contributed by atoms with van der Waals surface area (Å²) in [4.78, 5) is 11.4. The fourth-order valence-corrected chi connectivity index (χ4v) is 3.79. The summed E-state index contributed by atoms with van der Waals surface area (Å²) < 4.78 is 1.73. The quantitative estimate of drug-likeness (QED) is 0.347. The molecule has 168 valence electrons. The summed E-state index contributed by atoms with van der Waals surface area (Å²) in [5, 5.41) is 16.3. The highest BCUT2D eigenvalue weighted by Gasteiger charge is 2.10. The Bertz CT molecular complexity index is 1210. The molecular weight excluding hydrogens is 412 g/mol. The lowest BCUT2D eigenvalue weighted by molar-refractivity contribution is 0.0995. The molecule has 1 aromatic heterocycles. The zero-order valence-electron chi connectivity index (χ0n) is 18.7. The summed E-state index contributed by atoms with van der Waals surface area (Å²) in [5.74, 6) is -0.525. The van der Waals surface area contributed by atoms with Crippen molar-refractivity contribution in [3.8, 4) is 16.8 Å². The lowest BCUT2D eigenvalue weighted by atomic mass is 9.99. The van der Waals surface area contributed by atoms with Gasteiger partial charge in [0.05, 0.1) is 12.3 Å². The molecule has 0 atom stereocenters. The number of carbonyl (C=O) groups excluding carboxylic acids is 1. The number of aryl methyl sites for hydroxylation is 1. The van der Waals surface area contributed by atoms with Gasteiger partial charge in [0.1, 0.15) is 0 Å². The molecule has 1 amide bonds. The van der Waals surface area contributed by atoms with Crippen LogP contribution in [0.15, 0.2) is 78.9 Å². The van der Waals surface area contributed by atoms with Gasteiger partial charge in [-0.25, -0.2) is 4.68 Å². The number of aromatic nitrogens is 2. The number of primary amides is 1. The third-order valence-corrected chi connectivity index (χ3v) is 5.59. The Morgan fingerprint density at radius 3 is 1.97 bits per heavy atom. The van der Waals surface area contributed by atoms with Gasteiger partial charge in [-0.3, -0.25) is 4.79 Å². The molecule has 0 spiro atoms. The molecule has 0 aliphatic heterocycles. The van der Waals surface area contributed by atoms with Crippen LogP contribution in [0.25, 0.3) is 16.8 Å². The first-order chi connectivity index (χ1) is 16.0. The molecular formula is C27H28N4O2. The van der Waals surface area contributed by atoms with Crippen LogP contribution in [0.1, 0.15) is 32.9 Å². The highest BCUT2D eigenvalue weighted by atomic mass is 16.3. The standard InChI is InChI=1S/C27H28N4O2/c1-19-16-26(27(28)33)30-31(19)25-12-6-21(7-13-25)17-20-2-8-23(9-3-20)24-10-4-22(5-11-24)18-29-14-15-32/h2-13,16,29,32H,14-15,17-18H2,1H3,(H2,28,33). The molecule has 0 aliphatic carbocycles. The largest absolute Gasteiger partial charge is 0.395 e. The van der Waals surface area contributed by atoms with Gasteiger partial charge in [-0.2, -0.15) is 5.10 Å². The van der Waals surface area contributed by atoms with Gasteiger partial charge in [-0.15, -0.1) is 0 Å². The van der Waals surface area contributed by atoms with Gasteiger partial charge in [0, 0.05) is 18.8 Å². The fraction of sp³-hybridized carbons (Fsp3) is 0.185. The molecule has 0 unspecified atom stereocenters. The molecule has 1 heterocycles. The van der Waals surface area contributed by atoms with Crippen LogP contribution >= 0.6 is 0 Å². The third-order valence-electron chi connectivity index (χ3n) is 5.59. The molecule has 0 saturated carbocycles. The second-order valence-corrected chi connectivity index (χ2v) is 8.08. The molecule has 0 aliphatic rings. The SMILES string of the molecule is Cc1cc(C(N)=O)nn1-c1ccc(Cc2ccc(-c3ccc(CNCCO)cc3)cc2)cc1. The van der Waals surface area contributed by atoms with E-state index in [-0.39, 0.29) is 12.3 Å². The number of carbonyl (C=O) groups is 1. The van der Waals surface area contributed by atoms with E-state index in [1.807, 2.05) is 19.1 Å². The maximum atomic E-state index is 11.4. The van der Waals surface area contributed by atoms with Crippen molar-refractivity contribution in [3.63, 3.8) is 0 Å². The number of benzene rings is 3. The van der Waals surface area contributed by atoms with Gasteiger partial charge in [0.15, 0.2) is 5.69 Å². The minimum absolute atomic E-state index is 0.149.